The fraction of sp³-hybridized carbons (Fsp3) is 0.917. The summed E-state index contributed by atoms with van der Waals surface area (Å²) >= 11 is 0. The van der Waals surface area contributed by atoms with Gasteiger partial charge in [0.1, 0.15) is 0 Å². The van der Waals surface area contributed by atoms with Crippen molar-refractivity contribution in [2.24, 2.45) is 11.8 Å². The van der Waals surface area contributed by atoms with Gasteiger partial charge in [0.25, 0.3) is 0 Å². The van der Waals surface area contributed by atoms with Crippen LogP contribution in [0, 0.1) is 11.8 Å². The summed E-state index contributed by atoms with van der Waals surface area (Å²) in [5.74, 6) is -0.334. The fourth-order valence-electron chi connectivity index (χ4n) is 2.81. The van der Waals surface area contributed by atoms with Gasteiger partial charge in [0, 0.05) is 6.04 Å². The Hall–Kier alpha value is -0.610. The maximum Gasteiger partial charge on any atom is 0.308 e. The molecule has 0 aromatic heterocycles. The lowest BCUT2D eigenvalue weighted by Gasteiger charge is -2.36. The zero-order valence-electron chi connectivity index (χ0n) is 9.56. The van der Waals surface area contributed by atoms with E-state index in [-0.39, 0.29) is 18.1 Å². The minimum absolute atomic E-state index is 0.141. The zero-order chi connectivity index (χ0) is 11.5. The van der Waals surface area contributed by atoms with Crippen molar-refractivity contribution in [2.45, 2.75) is 50.7 Å². The molecule has 0 aromatic carbocycles. The van der Waals surface area contributed by atoms with Crippen LogP contribution in [-0.4, -0.2) is 34.9 Å². The molecule has 92 valence electrons. The van der Waals surface area contributed by atoms with Gasteiger partial charge in [-0.15, -0.1) is 0 Å². The van der Waals surface area contributed by atoms with E-state index in [4.69, 9.17) is 5.11 Å². The van der Waals surface area contributed by atoms with E-state index in [0.717, 1.165) is 45.1 Å². The van der Waals surface area contributed by atoms with Crippen molar-refractivity contribution in [3.8, 4) is 0 Å². The lowest BCUT2D eigenvalue weighted by molar-refractivity contribution is -0.146. The number of hydrogen-bond acceptors (Lipinski definition) is 3. The molecule has 0 bridgehead atoms. The van der Waals surface area contributed by atoms with Crippen LogP contribution in [0.5, 0.6) is 0 Å². The van der Waals surface area contributed by atoms with Crippen molar-refractivity contribution < 1.29 is 15.0 Å². The Labute approximate surface area is 96.0 Å². The number of carbonyl (C=O) groups is 1. The number of hydrogen-bond donors (Lipinski definition) is 3. The fourth-order valence-corrected chi connectivity index (χ4v) is 2.81. The van der Waals surface area contributed by atoms with E-state index in [1.165, 1.54) is 0 Å². The Morgan fingerprint density at radius 1 is 1.25 bits per heavy atom. The van der Waals surface area contributed by atoms with Crippen molar-refractivity contribution >= 4 is 5.97 Å². The Kier molecular flexibility index (Phi) is 3.82. The van der Waals surface area contributed by atoms with Crippen LogP contribution in [0.1, 0.15) is 38.5 Å². The van der Waals surface area contributed by atoms with E-state index in [9.17, 15) is 9.90 Å². The Morgan fingerprint density at radius 3 is 2.62 bits per heavy atom. The summed E-state index contributed by atoms with van der Waals surface area (Å²) in [5, 5.41) is 21.8. The van der Waals surface area contributed by atoms with Gasteiger partial charge < -0.3 is 15.5 Å². The quantitative estimate of drug-likeness (QED) is 0.670. The highest BCUT2D eigenvalue weighted by molar-refractivity contribution is 5.72. The number of aliphatic hydroxyl groups is 1. The average molecular weight is 227 g/mol. The smallest absolute Gasteiger partial charge is 0.308 e. The highest BCUT2D eigenvalue weighted by Crippen LogP contribution is 2.29. The predicted octanol–water partition coefficient (Wildman–Crippen LogP) is 0.990. The van der Waals surface area contributed by atoms with Gasteiger partial charge in [-0.25, -0.2) is 0 Å². The zero-order valence-corrected chi connectivity index (χ0v) is 9.56. The molecular weight excluding hydrogens is 206 g/mol. The van der Waals surface area contributed by atoms with Crippen molar-refractivity contribution in [1.82, 2.24) is 5.32 Å². The molecular formula is C12H21NO3. The average Bonchev–Trinajstić information content (AvgIpc) is 2.15. The first-order valence-electron chi connectivity index (χ1n) is 6.31. The van der Waals surface area contributed by atoms with Crippen LogP contribution in [-0.2, 0) is 4.79 Å². The highest BCUT2D eigenvalue weighted by atomic mass is 16.4. The molecule has 2 aliphatic carbocycles. The molecule has 0 aromatic rings. The lowest BCUT2D eigenvalue weighted by atomic mass is 9.79. The second-order valence-electron chi connectivity index (χ2n) is 5.22. The molecule has 0 aliphatic heterocycles. The number of nitrogens with one attached hydrogen (secondary N) is 1. The minimum Gasteiger partial charge on any atom is -0.481 e. The predicted molar refractivity (Wildman–Crippen MR) is 60.1 cm³/mol. The molecule has 4 atom stereocenters. The molecule has 3 N–H and O–H groups in total. The number of aliphatic hydroxyl groups excluding tert-OH is 1. The second-order valence-corrected chi connectivity index (χ2v) is 5.22. The van der Waals surface area contributed by atoms with Gasteiger partial charge in [0.05, 0.1) is 12.0 Å². The topological polar surface area (TPSA) is 69.6 Å². The molecule has 2 rings (SSSR count). The summed E-state index contributed by atoms with van der Waals surface area (Å²) in [6, 6.07) is 0.163. The first-order valence-corrected chi connectivity index (χ1v) is 6.31. The first-order chi connectivity index (χ1) is 7.66. The highest BCUT2D eigenvalue weighted by Gasteiger charge is 2.36. The van der Waals surface area contributed by atoms with Gasteiger partial charge >= 0.3 is 5.97 Å². The third-order valence-electron chi connectivity index (χ3n) is 4.02. The summed E-state index contributed by atoms with van der Waals surface area (Å²) in [6.07, 6.45) is 5.70. The van der Waals surface area contributed by atoms with Crippen LogP contribution in [0.2, 0.25) is 0 Å². The number of aliphatic carboxylic acids is 1. The number of rotatable bonds is 4. The van der Waals surface area contributed by atoms with Crippen molar-refractivity contribution in [2.75, 3.05) is 6.54 Å². The molecule has 16 heavy (non-hydrogen) atoms. The molecule has 4 nitrogen and oxygen atoms in total. The SMILES string of the molecule is O=C(O)C1CCC1NCC1CCCC(O)C1. The van der Waals surface area contributed by atoms with Gasteiger partial charge in [-0.3, -0.25) is 4.79 Å². The molecule has 0 saturated heterocycles. The molecule has 2 saturated carbocycles. The van der Waals surface area contributed by atoms with E-state index in [1.807, 2.05) is 0 Å². The maximum absolute atomic E-state index is 10.8. The van der Waals surface area contributed by atoms with Gasteiger partial charge in [-0.05, 0) is 44.6 Å². The van der Waals surface area contributed by atoms with Crippen LogP contribution in [0.25, 0.3) is 0 Å². The summed E-state index contributed by atoms with van der Waals surface area (Å²) in [7, 11) is 0. The van der Waals surface area contributed by atoms with Gasteiger partial charge in [-0.2, -0.15) is 0 Å². The maximum atomic E-state index is 10.8. The van der Waals surface area contributed by atoms with E-state index in [1.54, 1.807) is 0 Å². The summed E-state index contributed by atoms with van der Waals surface area (Å²) in [5.41, 5.74) is 0. The number of carboxylic acids is 1. The molecule has 4 heteroatoms. The minimum atomic E-state index is -0.674. The van der Waals surface area contributed by atoms with Gasteiger partial charge in [0.15, 0.2) is 0 Å². The number of carboxylic acid groups (broad SMARTS) is 1. The van der Waals surface area contributed by atoms with E-state index < -0.39 is 5.97 Å². The van der Waals surface area contributed by atoms with E-state index >= 15 is 0 Å². The van der Waals surface area contributed by atoms with Crippen molar-refractivity contribution in [1.29, 1.82) is 0 Å². The Morgan fingerprint density at radius 2 is 2.06 bits per heavy atom. The van der Waals surface area contributed by atoms with E-state index in [0.29, 0.717) is 5.92 Å². The van der Waals surface area contributed by atoms with Gasteiger partial charge in [-0.1, -0.05) is 6.42 Å². The standard InChI is InChI=1S/C12H21NO3/c14-9-3-1-2-8(6-9)7-13-11-5-4-10(11)12(15)16/h8-11,13-14H,1-7H2,(H,15,16). The Balaban J connectivity index is 1.69. The molecule has 2 fully saturated rings. The summed E-state index contributed by atoms with van der Waals surface area (Å²) < 4.78 is 0. The van der Waals surface area contributed by atoms with Crippen molar-refractivity contribution in [3.05, 3.63) is 0 Å². The van der Waals surface area contributed by atoms with Crippen LogP contribution in [0.3, 0.4) is 0 Å². The largest absolute Gasteiger partial charge is 0.481 e. The first kappa shape index (κ1) is 11.9. The second kappa shape index (κ2) is 5.15. The van der Waals surface area contributed by atoms with Crippen LogP contribution in [0.4, 0.5) is 0 Å². The normalized spacial score (nSPS) is 39.1. The van der Waals surface area contributed by atoms with Crippen LogP contribution >= 0.6 is 0 Å². The molecule has 2 aliphatic rings. The molecule has 0 spiro atoms. The van der Waals surface area contributed by atoms with Crippen LogP contribution in [0.15, 0.2) is 0 Å². The lowest BCUT2D eigenvalue weighted by Crippen LogP contribution is -2.49. The van der Waals surface area contributed by atoms with Crippen LogP contribution < -0.4 is 5.32 Å². The molecule has 0 radical (unpaired) electrons. The third kappa shape index (κ3) is 2.74. The summed E-state index contributed by atoms with van der Waals surface area (Å²) in [6.45, 7) is 0.867. The Bertz CT molecular complexity index is 257. The van der Waals surface area contributed by atoms with E-state index in [2.05, 4.69) is 5.32 Å². The molecule has 4 unspecified atom stereocenters. The molecule has 0 amide bonds. The van der Waals surface area contributed by atoms with Crippen molar-refractivity contribution in [3.63, 3.8) is 0 Å². The third-order valence-corrected chi connectivity index (χ3v) is 4.02. The molecule has 0 heterocycles. The summed E-state index contributed by atoms with van der Waals surface area (Å²) in [4.78, 5) is 10.8. The monoisotopic (exact) mass is 227 g/mol. The van der Waals surface area contributed by atoms with Gasteiger partial charge in [0.2, 0.25) is 0 Å².